The number of rotatable bonds is 9. The van der Waals surface area contributed by atoms with Crippen LogP contribution in [0.2, 0.25) is 0 Å². The van der Waals surface area contributed by atoms with E-state index in [1.807, 2.05) is 30.6 Å². The molecule has 5 heterocycles. The lowest BCUT2D eigenvalue weighted by molar-refractivity contribution is 1.19. The van der Waals surface area contributed by atoms with E-state index in [4.69, 9.17) is 29.9 Å². The maximum atomic E-state index is 5.45. The van der Waals surface area contributed by atoms with Crippen molar-refractivity contribution in [1.29, 1.82) is 0 Å². The Bertz CT molecular complexity index is 5860. The van der Waals surface area contributed by atoms with Crippen molar-refractivity contribution in [3.05, 3.63) is 298 Å². The van der Waals surface area contributed by atoms with Gasteiger partial charge in [0.15, 0.2) is 11.6 Å². The topological polar surface area (TPSA) is 90.2 Å². The Morgan fingerprint density at radius 2 is 0.630 bits per heavy atom. The van der Waals surface area contributed by atoms with E-state index in [1.54, 1.807) is 0 Å². The Balaban J connectivity index is 0.681. The summed E-state index contributed by atoms with van der Waals surface area (Å²) in [5.41, 5.74) is 28.3. The molecule has 0 radical (unpaired) electrons. The fourth-order valence-electron chi connectivity index (χ4n) is 14.4. The minimum Gasteiger partial charge on any atom is -0.256 e. The van der Waals surface area contributed by atoms with Crippen LogP contribution in [-0.4, -0.2) is 34.9 Å². The van der Waals surface area contributed by atoms with Crippen molar-refractivity contribution in [2.24, 2.45) is 0 Å². The monoisotopic (exact) mass is 1170 g/mol. The lowest BCUT2D eigenvalue weighted by atomic mass is 9.95. The largest absolute Gasteiger partial charge is 0.256 e. The van der Waals surface area contributed by atoms with Crippen LogP contribution in [0.15, 0.2) is 298 Å². The number of fused-ring (bicyclic) bond motifs is 10. The van der Waals surface area contributed by atoms with Crippen LogP contribution in [0.1, 0.15) is 0 Å². The molecule has 7 nitrogen and oxygen atoms in total. The van der Waals surface area contributed by atoms with Gasteiger partial charge in [0.25, 0.3) is 0 Å². The maximum Gasteiger partial charge on any atom is 0.161 e. The smallest absolute Gasteiger partial charge is 0.161 e. The number of para-hydroxylation sites is 1. The Labute approximate surface area is 529 Å². The highest BCUT2D eigenvalue weighted by molar-refractivity contribution is 6.20. The van der Waals surface area contributed by atoms with Gasteiger partial charge in [0, 0.05) is 67.5 Å². The molecule has 0 bridgehead atoms. The van der Waals surface area contributed by atoms with Crippen molar-refractivity contribution in [3.63, 3.8) is 0 Å². The zero-order chi connectivity index (χ0) is 60.4. The van der Waals surface area contributed by atoms with Crippen LogP contribution < -0.4 is 0 Å². The van der Waals surface area contributed by atoms with Crippen LogP contribution in [0.4, 0.5) is 0 Å². The van der Waals surface area contributed by atoms with E-state index in [2.05, 4.69) is 272 Å². The highest BCUT2D eigenvalue weighted by Gasteiger charge is 2.26. The standard InChI is InChI=1S/C85H49N7/c1-2-13-52(14-3-1)76-48-77(90-84(89-76)71-40-38-68-61-18-6-4-16-59(61)64-21-10-23-66(71)80(64)68)56-36-34-53(35-37-56)74-43-42-70-73(47-57-15-12-45-87-82(57)83(70)88-74)51-28-32-55(33-29-51)79-49-78(54-30-26-50(27-31-54)58-44-46-86-75-25-9-8-20-63(58)75)91-85(92-79)72-41-39-69-62-19-7-5-17-60(62)65-22-11-24-67(72)81(65)69/h1-49H. The summed E-state index contributed by atoms with van der Waals surface area (Å²) in [6, 6.07) is 101. The van der Waals surface area contributed by atoms with Gasteiger partial charge in [-0.3, -0.25) is 9.97 Å². The van der Waals surface area contributed by atoms with E-state index in [0.717, 1.165) is 133 Å². The van der Waals surface area contributed by atoms with Crippen LogP contribution in [0.3, 0.4) is 0 Å². The SMILES string of the molecule is c1ccc(-c2cc(-c3ccc(-c4ccc5c(-c6ccc(-c7cc(-c8ccc(-c9ccnc%10ccccc9%10)cc8)nc(-c8ccc9c%10c(cccc8%10)-c8ccccc8-9)n7)cc6)cc6cccnc6c5n4)cc3)nc(-c3ccc4c5c(cccc35)-c3ccccc3-4)n2)cc1. The average Bonchev–Trinajstić information content (AvgIpc) is 1.54. The van der Waals surface area contributed by atoms with Gasteiger partial charge in [0.1, 0.15) is 0 Å². The molecule has 7 heteroatoms. The molecule has 5 aromatic heterocycles. The number of hydrogen-bond donors (Lipinski definition) is 0. The van der Waals surface area contributed by atoms with Crippen molar-refractivity contribution >= 4 is 54.3 Å². The Hall–Kier alpha value is -12.5. The summed E-state index contributed by atoms with van der Waals surface area (Å²) < 4.78 is 0. The van der Waals surface area contributed by atoms with Crippen LogP contribution in [0.25, 0.3) is 200 Å². The molecule has 0 saturated carbocycles. The van der Waals surface area contributed by atoms with E-state index in [-0.39, 0.29) is 0 Å². The number of nitrogens with zero attached hydrogens (tertiary/aromatic N) is 7. The third kappa shape index (κ3) is 8.26. The summed E-state index contributed by atoms with van der Waals surface area (Å²) in [5.74, 6) is 1.36. The molecule has 0 amide bonds. The van der Waals surface area contributed by atoms with Crippen molar-refractivity contribution in [3.8, 4) is 146 Å². The highest BCUT2D eigenvalue weighted by Crippen LogP contribution is 2.51. The molecule has 19 rings (SSSR count). The Kier molecular flexibility index (Phi) is 11.5. The maximum absolute atomic E-state index is 5.45. The first kappa shape index (κ1) is 51.6. The van der Waals surface area contributed by atoms with Crippen LogP contribution in [0.5, 0.6) is 0 Å². The highest BCUT2D eigenvalue weighted by atomic mass is 14.9. The first-order valence-corrected chi connectivity index (χ1v) is 31.1. The van der Waals surface area contributed by atoms with Gasteiger partial charge in [0.05, 0.1) is 45.0 Å². The minimum absolute atomic E-state index is 0.673. The van der Waals surface area contributed by atoms with E-state index in [9.17, 15) is 0 Å². The zero-order valence-corrected chi connectivity index (χ0v) is 49.4. The van der Waals surface area contributed by atoms with E-state index >= 15 is 0 Å². The van der Waals surface area contributed by atoms with Gasteiger partial charge in [-0.05, 0) is 149 Å². The van der Waals surface area contributed by atoms with Crippen molar-refractivity contribution in [2.75, 3.05) is 0 Å². The molecule has 0 spiro atoms. The lowest BCUT2D eigenvalue weighted by Gasteiger charge is -2.14. The third-order valence-electron chi connectivity index (χ3n) is 18.8. The van der Waals surface area contributed by atoms with Crippen LogP contribution >= 0.6 is 0 Å². The first-order chi connectivity index (χ1) is 45.6. The fourth-order valence-corrected chi connectivity index (χ4v) is 14.4. The van der Waals surface area contributed by atoms with Gasteiger partial charge < -0.3 is 0 Å². The number of aromatic nitrogens is 7. The molecule has 0 unspecified atom stereocenters. The fraction of sp³-hybridized carbons (Fsp3) is 0. The van der Waals surface area contributed by atoms with Crippen LogP contribution in [0, 0.1) is 0 Å². The van der Waals surface area contributed by atoms with Gasteiger partial charge in [-0.15, -0.1) is 0 Å². The summed E-state index contributed by atoms with van der Waals surface area (Å²) in [4.78, 5) is 36.5. The molecule has 92 heavy (non-hydrogen) atoms. The minimum atomic E-state index is 0.673. The first-order valence-electron chi connectivity index (χ1n) is 31.1. The summed E-state index contributed by atoms with van der Waals surface area (Å²) >= 11 is 0. The molecular weight excluding hydrogens is 1120 g/mol. The molecule has 0 aliphatic heterocycles. The normalized spacial score (nSPS) is 11.9. The molecule has 12 aromatic carbocycles. The molecule has 2 aliphatic carbocycles. The van der Waals surface area contributed by atoms with Gasteiger partial charge >= 0.3 is 0 Å². The van der Waals surface area contributed by atoms with Gasteiger partial charge in [-0.1, -0.05) is 224 Å². The third-order valence-corrected chi connectivity index (χ3v) is 18.8. The Morgan fingerprint density at radius 1 is 0.196 bits per heavy atom. The average molecular weight is 1170 g/mol. The molecule has 424 valence electrons. The second-order valence-electron chi connectivity index (χ2n) is 23.9. The molecule has 0 saturated heterocycles. The number of hydrogen-bond acceptors (Lipinski definition) is 7. The van der Waals surface area contributed by atoms with E-state index in [0.29, 0.717) is 11.6 Å². The number of benzene rings is 12. The molecular formula is C85H49N7. The zero-order valence-electron chi connectivity index (χ0n) is 49.4. The Morgan fingerprint density at radius 3 is 1.18 bits per heavy atom. The summed E-state index contributed by atoms with van der Waals surface area (Å²) in [6.07, 6.45) is 3.74. The quantitative estimate of drug-likeness (QED) is 0.133. The number of pyridine rings is 3. The summed E-state index contributed by atoms with van der Waals surface area (Å²) in [7, 11) is 0. The molecule has 0 atom stereocenters. The summed E-state index contributed by atoms with van der Waals surface area (Å²) in [5, 5.41) is 7.90. The predicted molar refractivity (Wildman–Crippen MR) is 376 cm³/mol. The van der Waals surface area contributed by atoms with Gasteiger partial charge in [0.2, 0.25) is 0 Å². The van der Waals surface area contributed by atoms with E-state index < -0.39 is 0 Å². The molecule has 17 aromatic rings. The summed E-state index contributed by atoms with van der Waals surface area (Å²) in [6.45, 7) is 0. The molecule has 0 N–H and O–H groups in total. The molecule has 2 aliphatic rings. The lowest BCUT2D eigenvalue weighted by Crippen LogP contribution is -1.97. The predicted octanol–water partition coefficient (Wildman–Crippen LogP) is 21.5. The van der Waals surface area contributed by atoms with Crippen molar-refractivity contribution < 1.29 is 0 Å². The van der Waals surface area contributed by atoms with Crippen molar-refractivity contribution in [1.82, 2.24) is 34.9 Å². The van der Waals surface area contributed by atoms with Crippen LogP contribution in [-0.2, 0) is 0 Å². The van der Waals surface area contributed by atoms with Gasteiger partial charge in [-0.25, -0.2) is 24.9 Å². The second kappa shape index (κ2) is 20.6. The van der Waals surface area contributed by atoms with E-state index in [1.165, 1.54) is 55.3 Å². The van der Waals surface area contributed by atoms with Crippen molar-refractivity contribution in [2.45, 2.75) is 0 Å². The van der Waals surface area contributed by atoms with Gasteiger partial charge in [-0.2, -0.15) is 0 Å². The second-order valence-corrected chi connectivity index (χ2v) is 23.9. The molecule has 0 fully saturated rings.